The molecule has 2 aromatic carbocycles. The molecule has 0 amide bonds. The second-order valence-electron chi connectivity index (χ2n) is 7.46. The summed E-state index contributed by atoms with van der Waals surface area (Å²) in [5, 5.41) is 1.28. The zero-order valence-corrected chi connectivity index (χ0v) is 19.3. The smallest absolute Gasteiger partial charge is 0.210 e. The summed E-state index contributed by atoms with van der Waals surface area (Å²) in [5.41, 5.74) is 1.43. The van der Waals surface area contributed by atoms with Gasteiger partial charge in [-0.1, -0.05) is 18.5 Å². The molecule has 1 aliphatic heterocycles. The van der Waals surface area contributed by atoms with Crippen molar-refractivity contribution < 1.29 is 13.2 Å². The maximum absolute atomic E-state index is 13.6. The minimum absolute atomic E-state index is 0.201. The number of sulfone groups is 1. The Hall–Kier alpha value is -2.35. The van der Waals surface area contributed by atoms with E-state index in [-0.39, 0.29) is 9.79 Å². The normalized spacial score (nSPS) is 15.4. The minimum atomic E-state index is -3.79. The highest BCUT2D eigenvalue weighted by atomic mass is 35.5. The third kappa shape index (κ3) is 4.35. The first-order valence-electron chi connectivity index (χ1n) is 10.5. The number of halogens is 1. The van der Waals surface area contributed by atoms with Crippen LogP contribution in [0.15, 0.2) is 58.5 Å². The van der Waals surface area contributed by atoms with Crippen molar-refractivity contribution in [2.75, 3.05) is 44.2 Å². The van der Waals surface area contributed by atoms with E-state index in [0.717, 1.165) is 43.6 Å². The number of pyridine rings is 1. The Bertz CT molecular complexity index is 1170. The lowest BCUT2D eigenvalue weighted by Gasteiger charge is -2.36. The lowest BCUT2D eigenvalue weighted by atomic mass is 10.1. The molecule has 1 fully saturated rings. The van der Waals surface area contributed by atoms with Crippen molar-refractivity contribution in [1.29, 1.82) is 0 Å². The van der Waals surface area contributed by atoms with Crippen LogP contribution < -0.4 is 9.64 Å². The largest absolute Gasteiger partial charge is 0.494 e. The van der Waals surface area contributed by atoms with Gasteiger partial charge in [0.15, 0.2) is 0 Å². The summed E-state index contributed by atoms with van der Waals surface area (Å²) in [7, 11) is -3.79. The molecule has 0 radical (unpaired) electrons. The molecule has 0 unspecified atom stereocenters. The summed E-state index contributed by atoms with van der Waals surface area (Å²) < 4.78 is 33.0. The molecule has 0 atom stereocenters. The number of aromatic nitrogens is 1. The average Bonchev–Trinajstić information content (AvgIpc) is 2.79. The average molecular weight is 460 g/mol. The molecule has 6 nitrogen and oxygen atoms in total. The number of piperazine rings is 1. The first-order valence-corrected chi connectivity index (χ1v) is 12.3. The van der Waals surface area contributed by atoms with Gasteiger partial charge in [0, 0.05) is 42.8 Å². The van der Waals surface area contributed by atoms with E-state index < -0.39 is 9.84 Å². The van der Waals surface area contributed by atoms with Gasteiger partial charge in [-0.15, -0.1) is 0 Å². The molecule has 4 rings (SSSR count). The van der Waals surface area contributed by atoms with Crippen LogP contribution in [0.5, 0.6) is 5.75 Å². The predicted molar refractivity (Wildman–Crippen MR) is 124 cm³/mol. The zero-order chi connectivity index (χ0) is 22.0. The Labute approximate surface area is 188 Å². The number of fused-ring (bicyclic) bond motifs is 1. The number of hydrogen-bond donors (Lipinski definition) is 0. The van der Waals surface area contributed by atoms with Crippen molar-refractivity contribution in [2.45, 2.75) is 23.6 Å². The minimum Gasteiger partial charge on any atom is -0.494 e. The third-order valence-corrected chi connectivity index (χ3v) is 7.66. The number of nitrogens with zero attached hydrogens (tertiary/aromatic N) is 3. The van der Waals surface area contributed by atoms with Gasteiger partial charge in [0.25, 0.3) is 0 Å². The van der Waals surface area contributed by atoms with Crippen LogP contribution in [0.1, 0.15) is 13.8 Å². The van der Waals surface area contributed by atoms with Crippen LogP contribution in [-0.4, -0.2) is 57.6 Å². The van der Waals surface area contributed by atoms with Gasteiger partial charge in [0.2, 0.25) is 9.84 Å². The van der Waals surface area contributed by atoms with Gasteiger partial charge in [0.1, 0.15) is 10.6 Å². The van der Waals surface area contributed by atoms with Crippen molar-refractivity contribution in [3.05, 3.63) is 53.7 Å². The lowest BCUT2D eigenvalue weighted by Crippen LogP contribution is -2.46. The van der Waals surface area contributed by atoms with E-state index in [9.17, 15) is 8.42 Å². The van der Waals surface area contributed by atoms with Crippen molar-refractivity contribution >= 4 is 38.0 Å². The maximum Gasteiger partial charge on any atom is 0.210 e. The molecular formula is C23H26ClN3O3S. The molecule has 3 aromatic rings. The fraction of sp³-hybridized carbons (Fsp3) is 0.348. The van der Waals surface area contributed by atoms with Crippen LogP contribution in [-0.2, 0) is 9.84 Å². The second-order valence-corrected chi connectivity index (χ2v) is 9.82. The number of rotatable bonds is 6. The van der Waals surface area contributed by atoms with Gasteiger partial charge >= 0.3 is 0 Å². The van der Waals surface area contributed by atoms with Gasteiger partial charge in [-0.2, -0.15) is 0 Å². The van der Waals surface area contributed by atoms with Crippen LogP contribution in [0.2, 0.25) is 5.02 Å². The highest BCUT2D eigenvalue weighted by molar-refractivity contribution is 7.91. The Balaban J connectivity index is 1.90. The molecule has 164 valence electrons. The van der Waals surface area contributed by atoms with Crippen molar-refractivity contribution in [1.82, 2.24) is 9.88 Å². The summed E-state index contributed by atoms with van der Waals surface area (Å²) in [4.78, 5) is 9.41. The number of likely N-dealkylation sites (N-methyl/N-ethyl adjacent to an activating group) is 1. The van der Waals surface area contributed by atoms with Gasteiger partial charge < -0.3 is 14.5 Å². The molecule has 31 heavy (non-hydrogen) atoms. The first kappa shape index (κ1) is 21.9. The summed E-state index contributed by atoms with van der Waals surface area (Å²) >= 11 is 5.98. The molecule has 0 saturated carbocycles. The van der Waals surface area contributed by atoms with Gasteiger partial charge in [0.05, 0.1) is 22.7 Å². The summed E-state index contributed by atoms with van der Waals surface area (Å²) in [6, 6.07) is 11.9. The Morgan fingerprint density at radius 1 is 1.03 bits per heavy atom. The fourth-order valence-corrected chi connectivity index (χ4v) is 5.51. The molecule has 1 saturated heterocycles. The molecule has 0 N–H and O–H groups in total. The van der Waals surface area contributed by atoms with E-state index in [2.05, 4.69) is 21.7 Å². The highest BCUT2D eigenvalue weighted by Crippen LogP contribution is 2.38. The van der Waals surface area contributed by atoms with Crippen molar-refractivity contribution in [2.24, 2.45) is 0 Å². The second kappa shape index (κ2) is 9.02. The summed E-state index contributed by atoms with van der Waals surface area (Å²) in [6.45, 7) is 8.83. The predicted octanol–water partition coefficient (Wildman–Crippen LogP) is 4.26. The van der Waals surface area contributed by atoms with E-state index in [1.165, 1.54) is 18.3 Å². The van der Waals surface area contributed by atoms with Crippen molar-refractivity contribution in [3.8, 4) is 5.75 Å². The highest BCUT2D eigenvalue weighted by Gasteiger charge is 2.28. The Morgan fingerprint density at radius 3 is 2.39 bits per heavy atom. The molecule has 1 aromatic heterocycles. The van der Waals surface area contributed by atoms with Crippen LogP contribution in [0.3, 0.4) is 0 Å². The van der Waals surface area contributed by atoms with Crippen LogP contribution >= 0.6 is 11.6 Å². The van der Waals surface area contributed by atoms with Crippen LogP contribution in [0, 0.1) is 0 Å². The van der Waals surface area contributed by atoms with Gasteiger partial charge in [-0.25, -0.2) is 8.42 Å². The van der Waals surface area contributed by atoms with E-state index >= 15 is 0 Å². The summed E-state index contributed by atoms with van der Waals surface area (Å²) in [5.74, 6) is 0.700. The SMILES string of the molecule is CCOc1ccc2ncc(S(=O)(=O)c3ccc(Cl)cc3)c(N3CCN(CC)CC3)c2c1. The monoisotopic (exact) mass is 459 g/mol. The molecule has 0 bridgehead atoms. The van der Waals surface area contributed by atoms with E-state index in [1.807, 2.05) is 25.1 Å². The molecule has 8 heteroatoms. The number of ether oxygens (including phenoxy) is 1. The number of anilines is 1. The third-order valence-electron chi connectivity index (χ3n) is 5.64. The number of benzene rings is 2. The van der Waals surface area contributed by atoms with Crippen LogP contribution in [0.25, 0.3) is 10.9 Å². The zero-order valence-electron chi connectivity index (χ0n) is 17.7. The fourth-order valence-electron chi connectivity index (χ4n) is 3.95. The van der Waals surface area contributed by atoms with E-state index in [0.29, 0.717) is 23.1 Å². The Morgan fingerprint density at radius 2 is 1.74 bits per heavy atom. The molecular weight excluding hydrogens is 434 g/mol. The lowest BCUT2D eigenvalue weighted by molar-refractivity contribution is 0.271. The molecule has 2 heterocycles. The standard InChI is InChI=1S/C23H26ClN3O3S/c1-3-26-11-13-27(14-12-26)23-20-15-18(30-4-2)7-10-21(20)25-16-22(23)31(28,29)19-8-5-17(24)6-9-19/h5-10,15-16H,3-4,11-14H2,1-2H3. The van der Waals surface area contributed by atoms with Gasteiger partial charge in [-0.05, 0) is 55.9 Å². The van der Waals surface area contributed by atoms with E-state index in [1.54, 1.807) is 12.1 Å². The van der Waals surface area contributed by atoms with E-state index in [4.69, 9.17) is 16.3 Å². The topological polar surface area (TPSA) is 62.7 Å². The Kier molecular flexibility index (Phi) is 6.36. The molecule has 1 aliphatic rings. The first-order chi connectivity index (χ1) is 14.9. The maximum atomic E-state index is 13.6. The quantitative estimate of drug-likeness (QED) is 0.548. The summed E-state index contributed by atoms with van der Waals surface area (Å²) in [6.07, 6.45) is 1.48. The number of hydrogen-bond acceptors (Lipinski definition) is 6. The van der Waals surface area contributed by atoms with Crippen LogP contribution in [0.4, 0.5) is 5.69 Å². The molecule has 0 spiro atoms. The van der Waals surface area contributed by atoms with Gasteiger partial charge in [-0.3, -0.25) is 4.98 Å². The van der Waals surface area contributed by atoms with Crippen molar-refractivity contribution in [3.63, 3.8) is 0 Å². The molecule has 0 aliphatic carbocycles.